The van der Waals surface area contributed by atoms with Gasteiger partial charge in [0.15, 0.2) is 0 Å². The van der Waals surface area contributed by atoms with Crippen molar-refractivity contribution in [1.82, 2.24) is 4.90 Å². The minimum absolute atomic E-state index is 0.174. The molecule has 17 heavy (non-hydrogen) atoms. The highest BCUT2D eigenvalue weighted by Gasteiger charge is 2.34. The second-order valence-corrected chi connectivity index (χ2v) is 5.24. The monoisotopic (exact) mass is 239 g/mol. The number of amides is 1. The highest BCUT2D eigenvalue weighted by atomic mass is 16.4. The maximum absolute atomic E-state index is 12.2. The summed E-state index contributed by atoms with van der Waals surface area (Å²) in [5.41, 5.74) is 0. The highest BCUT2D eigenvalue weighted by molar-refractivity contribution is 5.80. The number of hydrogen-bond acceptors (Lipinski definition) is 2. The quantitative estimate of drug-likeness (QED) is 0.816. The first-order valence-electron chi connectivity index (χ1n) is 6.71. The average Bonchev–Trinajstić information content (AvgIpc) is 2.24. The molecule has 96 valence electrons. The van der Waals surface area contributed by atoms with E-state index in [2.05, 4.69) is 0 Å². The summed E-state index contributed by atoms with van der Waals surface area (Å²) in [6, 6.07) is 0.174. The van der Waals surface area contributed by atoms with Crippen molar-refractivity contribution < 1.29 is 14.7 Å². The van der Waals surface area contributed by atoms with Crippen molar-refractivity contribution in [2.24, 2.45) is 5.92 Å². The Morgan fingerprint density at radius 1 is 1.12 bits per heavy atom. The van der Waals surface area contributed by atoms with Gasteiger partial charge in [-0.3, -0.25) is 9.59 Å². The summed E-state index contributed by atoms with van der Waals surface area (Å²) in [6.45, 7) is 0.833. The van der Waals surface area contributed by atoms with E-state index in [0.29, 0.717) is 6.42 Å². The molecule has 2 fully saturated rings. The number of hydrogen-bond donors (Lipinski definition) is 1. The highest BCUT2D eigenvalue weighted by Crippen LogP contribution is 2.31. The predicted molar refractivity (Wildman–Crippen MR) is 63.6 cm³/mol. The third-order valence-corrected chi connectivity index (χ3v) is 4.06. The Hall–Kier alpha value is -1.06. The molecule has 1 unspecified atom stereocenters. The molecular formula is C13H21NO3. The summed E-state index contributed by atoms with van der Waals surface area (Å²) in [5, 5.41) is 8.73. The minimum Gasteiger partial charge on any atom is -0.481 e. The maximum atomic E-state index is 12.2. The van der Waals surface area contributed by atoms with Crippen LogP contribution in [-0.2, 0) is 9.59 Å². The summed E-state index contributed by atoms with van der Waals surface area (Å²) in [5.74, 6) is -0.238. The van der Waals surface area contributed by atoms with Crippen molar-refractivity contribution in [3.8, 4) is 0 Å². The number of piperidine rings is 1. The summed E-state index contributed by atoms with van der Waals surface area (Å²) in [4.78, 5) is 24.8. The van der Waals surface area contributed by atoms with Crippen LogP contribution in [0, 0.1) is 5.92 Å². The number of carboxylic acid groups (broad SMARTS) is 1. The molecule has 1 N–H and O–H groups in total. The molecule has 1 aliphatic heterocycles. The van der Waals surface area contributed by atoms with Crippen molar-refractivity contribution in [1.29, 1.82) is 0 Å². The lowest BCUT2D eigenvalue weighted by Crippen LogP contribution is -2.47. The first-order chi connectivity index (χ1) is 8.18. The summed E-state index contributed by atoms with van der Waals surface area (Å²) < 4.78 is 0. The molecule has 1 atom stereocenters. The number of carbonyl (C=O) groups excluding carboxylic acids is 1. The lowest BCUT2D eigenvalue weighted by atomic mass is 9.83. The van der Waals surface area contributed by atoms with E-state index >= 15 is 0 Å². The molecule has 1 aliphatic carbocycles. The fourth-order valence-corrected chi connectivity index (χ4v) is 2.77. The summed E-state index contributed by atoms with van der Waals surface area (Å²) in [6.07, 6.45) is 7.20. The second kappa shape index (κ2) is 5.52. The molecule has 1 saturated carbocycles. The van der Waals surface area contributed by atoms with Gasteiger partial charge in [-0.2, -0.15) is 0 Å². The van der Waals surface area contributed by atoms with Crippen LogP contribution in [0.25, 0.3) is 0 Å². The third kappa shape index (κ3) is 2.99. The van der Waals surface area contributed by atoms with E-state index in [-0.39, 0.29) is 24.3 Å². The van der Waals surface area contributed by atoms with Crippen LogP contribution in [0.15, 0.2) is 0 Å². The molecule has 1 amide bonds. The fourth-order valence-electron chi connectivity index (χ4n) is 2.77. The van der Waals surface area contributed by atoms with Crippen molar-refractivity contribution in [3.05, 3.63) is 0 Å². The Morgan fingerprint density at radius 2 is 1.88 bits per heavy atom. The van der Waals surface area contributed by atoms with E-state index in [1.165, 1.54) is 6.42 Å². The first-order valence-corrected chi connectivity index (χ1v) is 6.71. The van der Waals surface area contributed by atoms with Gasteiger partial charge in [0.2, 0.25) is 5.91 Å². The molecular weight excluding hydrogens is 218 g/mol. The smallest absolute Gasteiger partial charge is 0.303 e. The van der Waals surface area contributed by atoms with Crippen LogP contribution in [0.5, 0.6) is 0 Å². The SMILES string of the molecule is O=C(O)CCC1CCCCN1C(=O)C1CCC1. The first kappa shape index (κ1) is 12.4. The summed E-state index contributed by atoms with van der Waals surface area (Å²) >= 11 is 0. The van der Waals surface area contributed by atoms with E-state index in [9.17, 15) is 9.59 Å². The number of rotatable bonds is 4. The zero-order chi connectivity index (χ0) is 12.3. The van der Waals surface area contributed by atoms with Gasteiger partial charge in [0.25, 0.3) is 0 Å². The number of nitrogens with zero attached hydrogens (tertiary/aromatic N) is 1. The zero-order valence-electron chi connectivity index (χ0n) is 10.2. The normalized spacial score (nSPS) is 25.4. The van der Waals surface area contributed by atoms with Crippen molar-refractivity contribution >= 4 is 11.9 Å². The van der Waals surface area contributed by atoms with Gasteiger partial charge in [-0.15, -0.1) is 0 Å². The standard InChI is InChI=1S/C13H21NO3/c15-12(16)8-7-11-6-1-2-9-14(11)13(17)10-4-3-5-10/h10-11H,1-9H2,(H,15,16). The number of carboxylic acids is 1. The predicted octanol–water partition coefficient (Wildman–Crippen LogP) is 2.03. The molecule has 0 radical (unpaired) electrons. The Kier molecular flexibility index (Phi) is 4.02. The van der Waals surface area contributed by atoms with Gasteiger partial charge in [-0.25, -0.2) is 0 Å². The molecule has 2 aliphatic rings. The third-order valence-electron chi connectivity index (χ3n) is 4.06. The van der Waals surface area contributed by atoms with Crippen LogP contribution in [0.3, 0.4) is 0 Å². The molecule has 0 aromatic rings. The molecule has 4 heteroatoms. The Bertz CT molecular complexity index is 299. The minimum atomic E-state index is -0.758. The van der Waals surface area contributed by atoms with Crippen LogP contribution in [0.4, 0.5) is 0 Å². The molecule has 1 saturated heterocycles. The molecule has 1 heterocycles. The van der Waals surface area contributed by atoms with Crippen LogP contribution < -0.4 is 0 Å². The van der Waals surface area contributed by atoms with E-state index in [4.69, 9.17) is 5.11 Å². The van der Waals surface area contributed by atoms with E-state index in [1.54, 1.807) is 0 Å². The molecule has 0 spiro atoms. The topological polar surface area (TPSA) is 57.6 Å². The Morgan fingerprint density at radius 3 is 2.47 bits per heavy atom. The Labute approximate surface area is 102 Å². The van der Waals surface area contributed by atoms with Gasteiger partial charge in [-0.1, -0.05) is 6.42 Å². The fraction of sp³-hybridized carbons (Fsp3) is 0.846. The van der Waals surface area contributed by atoms with Gasteiger partial charge >= 0.3 is 5.97 Å². The largest absolute Gasteiger partial charge is 0.481 e. The van der Waals surface area contributed by atoms with Gasteiger partial charge < -0.3 is 10.0 Å². The van der Waals surface area contributed by atoms with Crippen molar-refractivity contribution in [2.45, 2.75) is 57.4 Å². The van der Waals surface area contributed by atoms with Crippen LogP contribution in [0.2, 0.25) is 0 Å². The maximum Gasteiger partial charge on any atom is 0.303 e. The second-order valence-electron chi connectivity index (χ2n) is 5.24. The molecule has 4 nitrogen and oxygen atoms in total. The molecule has 0 aromatic heterocycles. The van der Waals surface area contributed by atoms with Gasteiger partial charge in [0.05, 0.1) is 0 Å². The average molecular weight is 239 g/mol. The van der Waals surface area contributed by atoms with Crippen molar-refractivity contribution in [2.75, 3.05) is 6.54 Å². The van der Waals surface area contributed by atoms with Crippen LogP contribution >= 0.6 is 0 Å². The lowest BCUT2D eigenvalue weighted by Gasteiger charge is -2.39. The van der Waals surface area contributed by atoms with Gasteiger partial charge in [0.1, 0.15) is 0 Å². The lowest BCUT2D eigenvalue weighted by molar-refractivity contribution is -0.144. The van der Waals surface area contributed by atoms with E-state index in [0.717, 1.165) is 38.6 Å². The van der Waals surface area contributed by atoms with Crippen molar-refractivity contribution in [3.63, 3.8) is 0 Å². The number of aliphatic carboxylic acids is 1. The Balaban J connectivity index is 1.91. The zero-order valence-corrected chi connectivity index (χ0v) is 10.2. The van der Waals surface area contributed by atoms with E-state index in [1.807, 2.05) is 4.90 Å². The van der Waals surface area contributed by atoms with E-state index < -0.39 is 5.97 Å². The number of likely N-dealkylation sites (tertiary alicyclic amines) is 1. The van der Waals surface area contributed by atoms with Crippen LogP contribution in [0.1, 0.15) is 51.4 Å². The van der Waals surface area contributed by atoms with Gasteiger partial charge in [0, 0.05) is 24.9 Å². The molecule has 2 rings (SSSR count). The van der Waals surface area contributed by atoms with Crippen LogP contribution in [-0.4, -0.2) is 34.5 Å². The number of carbonyl (C=O) groups is 2. The van der Waals surface area contributed by atoms with Gasteiger partial charge in [-0.05, 0) is 38.5 Å². The molecule has 0 aromatic carbocycles. The summed E-state index contributed by atoms with van der Waals surface area (Å²) in [7, 11) is 0. The molecule has 0 bridgehead atoms.